The second kappa shape index (κ2) is 7.04. The zero-order valence-corrected chi connectivity index (χ0v) is 15.1. The molecule has 1 aromatic heterocycles. The van der Waals surface area contributed by atoms with E-state index >= 15 is 0 Å². The van der Waals surface area contributed by atoms with E-state index in [9.17, 15) is 13.2 Å². The molecule has 0 bridgehead atoms. The maximum absolute atomic E-state index is 12.6. The second-order valence-corrected chi connectivity index (χ2v) is 7.42. The third kappa shape index (κ3) is 3.77. The number of hydrogen-bond donors (Lipinski definition) is 4. The summed E-state index contributed by atoms with van der Waals surface area (Å²) in [6, 6.07) is 11.3. The Balaban J connectivity index is 1.90. The third-order valence-electron chi connectivity index (χ3n) is 3.72. The van der Waals surface area contributed by atoms with Gasteiger partial charge in [-0.1, -0.05) is 17.7 Å². The van der Waals surface area contributed by atoms with Crippen molar-refractivity contribution in [3.05, 3.63) is 48.0 Å². The van der Waals surface area contributed by atoms with Gasteiger partial charge in [0.05, 0.1) is 10.4 Å². The van der Waals surface area contributed by atoms with Gasteiger partial charge in [0, 0.05) is 17.6 Å². The van der Waals surface area contributed by atoms with Gasteiger partial charge in [0.25, 0.3) is 10.0 Å². The topological polar surface area (TPSA) is 116 Å². The van der Waals surface area contributed by atoms with Crippen LogP contribution in [-0.2, 0) is 10.0 Å². The average molecular weight is 373 g/mol. The number of H-pyrrole nitrogens is 1. The molecule has 0 unspecified atom stereocenters. The number of hydrogen-bond acceptors (Lipinski definition) is 4. The Kier molecular flexibility index (Phi) is 4.81. The van der Waals surface area contributed by atoms with Crippen LogP contribution >= 0.6 is 0 Å². The van der Waals surface area contributed by atoms with E-state index in [-0.39, 0.29) is 16.7 Å². The molecule has 3 aromatic rings. The number of carbonyl (C=O) groups is 1. The molecular formula is C17H19N5O3S. The Hall–Kier alpha value is -3.07. The van der Waals surface area contributed by atoms with Gasteiger partial charge in [-0.15, -0.1) is 0 Å². The summed E-state index contributed by atoms with van der Waals surface area (Å²) in [5.74, 6) is 0.167. The molecule has 8 nitrogen and oxygen atoms in total. The van der Waals surface area contributed by atoms with Crippen molar-refractivity contribution >= 4 is 38.5 Å². The molecule has 0 fully saturated rings. The number of rotatable bonds is 5. The van der Waals surface area contributed by atoms with E-state index in [2.05, 4.69) is 25.6 Å². The Morgan fingerprint density at radius 3 is 2.58 bits per heavy atom. The monoisotopic (exact) mass is 373 g/mol. The summed E-state index contributed by atoms with van der Waals surface area (Å²) in [7, 11) is -3.77. The van der Waals surface area contributed by atoms with Crippen LogP contribution in [0, 0.1) is 6.92 Å². The van der Waals surface area contributed by atoms with Gasteiger partial charge in [0.2, 0.25) is 0 Å². The number of aromatic nitrogens is 2. The molecule has 1 heterocycles. The van der Waals surface area contributed by atoms with Crippen molar-refractivity contribution in [3.63, 3.8) is 0 Å². The molecule has 0 saturated carbocycles. The number of nitrogens with one attached hydrogen (secondary N) is 4. The van der Waals surface area contributed by atoms with Gasteiger partial charge in [-0.2, -0.15) is 5.10 Å². The highest BCUT2D eigenvalue weighted by atomic mass is 32.2. The molecule has 4 N–H and O–H groups in total. The highest BCUT2D eigenvalue weighted by Crippen LogP contribution is 2.26. The lowest BCUT2D eigenvalue weighted by Crippen LogP contribution is -2.28. The molecule has 26 heavy (non-hydrogen) atoms. The van der Waals surface area contributed by atoms with Gasteiger partial charge < -0.3 is 10.6 Å². The first-order valence-corrected chi connectivity index (χ1v) is 9.50. The Morgan fingerprint density at radius 1 is 1.15 bits per heavy atom. The lowest BCUT2D eigenvalue weighted by molar-refractivity contribution is 0.252. The van der Waals surface area contributed by atoms with Crippen LogP contribution in [0.15, 0.2) is 47.4 Å². The Morgan fingerprint density at radius 2 is 1.88 bits per heavy atom. The molecule has 2 amide bonds. The summed E-state index contributed by atoms with van der Waals surface area (Å²) in [5, 5.41) is 12.7. The van der Waals surface area contributed by atoms with Gasteiger partial charge >= 0.3 is 6.03 Å². The molecule has 0 aliphatic carbocycles. The number of anilines is 2. The normalized spacial score (nSPS) is 11.3. The zero-order valence-electron chi connectivity index (χ0n) is 14.3. The summed E-state index contributed by atoms with van der Waals surface area (Å²) >= 11 is 0. The number of fused-ring (bicyclic) bond motifs is 1. The van der Waals surface area contributed by atoms with Crippen LogP contribution in [-0.4, -0.2) is 31.2 Å². The van der Waals surface area contributed by atoms with Crippen LogP contribution in [0.1, 0.15) is 12.5 Å². The lowest BCUT2D eigenvalue weighted by atomic mass is 10.2. The molecule has 0 spiro atoms. The molecule has 0 saturated heterocycles. The number of carbonyl (C=O) groups excluding carboxylic acids is 1. The minimum Gasteiger partial charge on any atom is -0.338 e. The lowest BCUT2D eigenvalue weighted by Gasteiger charge is -2.08. The van der Waals surface area contributed by atoms with Crippen LogP contribution in [0.2, 0.25) is 0 Å². The van der Waals surface area contributed by atoms with Crippen LogP contribution in [0.25, 0.3) is 10.9 Å². The highest BCUT2D eigenvalue weighted by molar-refractivity contribution is 7.92. The average Bonchev–Trinajstić information content (AvgIpc) is 2.97. The molecule has 3 rings (SSSR count). The van der Waals surface area contributed by atoms with Crippen molar-refractivity contribution in [2.24, 2.45) is 0 Å². The smallest absolute Gasteiger partial charge is 0.319 e. The highest BCUT2D eigenvalue weighted by Gasteiger charge is 2.17. The maximum atomic E-state index is 12.6. The van der Waals surface area contributed by atoms with E-state index in [0.717, 1.165) is 5.56 Å². The summed E-state index contributed by atoms with van der Waals surface area (Å²) in [6.07, 6.45) is 0. The van der Waals surface area contributed by atoms with Crippen molar-refractivity contribution in [2.75, 3.05) is 16.6 Å². The predicted octanol–water partition coefficient (Wildman–Crippen LogP) is 2.81. The van der Waals surface area contributed by atoms with E-state index in [0.29, 0.717) is 23.1 Å². The molecule has 0 radical (unpaired) electrons. The Labute approximate surface area is 151 Å². The van der Waals surface area contributed by atoms with E-state index in [4.69, 9.17) is 0 Å². The number of nitrogens with zero attached hydrogens (tertiary/aromatic N) is 1. The number of benzene rings is 2. The SMILES string of the molecule is CCNC(=O)Nc1ccc2[nH]nc(NS(=O)(=O)c3ccc(C)cc3)c2c1. The zero-order chi connectivity index (χ0) is 18.7. The van der Waals surface area contributed by atoms with Gasteiger partial charge in [0.15, 0.2) is 5.82 Å². The number of aromatic amines is 1. The van der Waals surface area contributed by atoms with Crippen molar-refractivity contribution in [1.82, 2.24) is 15.5 Å². The van der Waals surface area contributed by atoms with Crippen LogP contribution in [0.4, 0.5) is 16.3 Å². The molecule has 0 atom stereocenters. The minimum atomic E-state index is -3.77. The first-order chi connectivity index (χ1) is 12.4. The Bertz CT molecular complexity index is 1040. The standard InChI is InChI=1S/C17H19N5O3S/c1-3-18-17(23)19-12-6-9-15-14(10-12)16(21-20-15)22-26(24,25)13-7-4-11(2)5-8-13/h4-10H,3H2,1-2H3,(H2,18,19,23)(H2,20,21,22). The summed E-state index contributed by atoms with van der Waals surface area (Å²) in [6.45, 7) is 4.20. The molecule has 136 valence electrons. The van der Waals surface area contributed by atoms with Crippen LogP contribution in [0.3, 0.4) is 0 Å². The van der Waals surface area contributed by atoms with E-state index in [1.807, 2.05) is 13.8 Å². The van der Waals surface area contributed by atoms with Crippen LogP contribution in [0.5, 0.6) is 0 Å². The number of sulfonamides is 1. The van der Waals surface area contributed by atoms with Gasteiger partial charge in [-0.05, 0) is 44.2 Å². The fourth-order valence-corrected chi connectivity index (χ4v) is 3.43. The first-order valence-electron chi connectivity index (χ1n) is 8.01. The van der Waals surface area contributed by atoms with Gasteiger partial charge in [-0.3, -0.25) is 9.82 Å². The fourth-order valence-electron chi connectivity index (χ4n) is 2.41. The minimum absolute atomic E-state index is 0.149. The summed E-state index contributed by atoms with van der Waals surface area (Å²) < 4.78 is 27.6. The predicted molar refractivity (Wildman–Crippen MR) is 101 cm³/mol. The maximum Gasteiger partial charge on any atom is 0.319 e. The van der Waals surface area contributed by atoms with Crippen molar-refractivity contribution < 1.29 is 13.2 Å². The van der Waals surface area contributed by atoms with Crippen molar-refractivity contribution in [3.8, 4) is 0 Å². The van der Waals surface area contributed by atoms with Crippen molar-refractivity contribution in [1.29, 1.82) is 0 Å². The number of amides is 2. The fraction of sp³-hybridized carbons (Fsp3) is 0.176. The quantitative estimate of drug-likeness (QED) is 0.550. The summed E-state index contributed by atoms with van der Waals surface area (Å²) in [5.41, 5.74) is 2.14. The molecule has 0 aliphatic heterocycles. The summed E-state index contributed by atoms with van der Waals surface area (Å²) in [4.78, 5) is 11.8. The third-order valence-corrected chi connectivity index (χ3v) is 5.08. The molecule has 2 aromatic carbocycles. The molecular weight excluding hydrogens is 354 g/mol. The van der Waals surface area contributed by atoms with Gasteiger partial charge in [0.1, 0.15) is 0 Å². The number of urea groups is 1. The van der Waals surface area contributed by atoms with Crippen molar-refractivity contribution in [2.45, 2.75) is 18.7 Å². The van der Waals surface area contributed by atoms with E-state index in [1.54, 1.807) is 30.3 Å². The number of aryl methyl sites for hydroxylation is 1. The second-order valence-electron chi connectivity index (χ2n) is 5.74. The molecule has 0 aliphatic rings. The van der Waals surface area contributed by atoms with E-state index in [1.165, 1.54) is 12.1 Å². The largest absolute Gasteiger partial charge is 0.338 e. The van der Waals surface area contributed by atoms with E-state index < -0.39 is 10.0 Å². The molecule has 9 heteroatoms. The van der Waals surface area contributed by atoms with Gasteiger partial charge in [-0.25, -0.2) is 13.2 Å². The first kappa shape index (κ1) is 17.7. The van der Waals surface area contributed by atoms with Crippen LogP contribution < -0.4 is 15.4 Å².